The highest BCUT2D eigenvalue weighted by Gasteiger charge is 2.18. The third-order valence-electron chi connectivity index (χ3n) is 4.20. The first-order valence-electron chi connectivity index (χ1n) is 8.55. The minimum Gasteiger partial charge on any atom is -0.482 e. The van der Waals surface area contributed by atoms with Crippen molar-refractivity contribution in [1.29, 1.82) is 0 Å². The van der Waals surface area contributed by atoms with Gasteiger partial charge in [-0.1, -0.05) is 30.3 Å². The van der Waals surface area contributed by atoms with Gasteiger partial charge < -0.3 is 15.4 Å². The third-order valence-corrected chi connectivity index (χ3v) is 4.20. The maximum Gasteiger partial charge on any atom is 0.262 e. The molecule has 1 aliphatic rings. The van der Waals surface area contributed by atoms with E-state index in [1.54, 1.807) is 22.9 Å². The second kappa shape index (κ2) is 6.95. The molecular weight excluding hydrogens is 344 g/mol. The molecule has 4 rings (SSSR count). The van der Waals surface area contributed by atoms with Crippen LogP contribution < -0.4 is 15.4 Å². The number of rotatable bonds is 4. The van der Waals surface area contributed by atoms with Gasteiger partial charge in [-0.15, -0.1) is 0 Å². The van der Waals surface area contributed by atoms with Gasteiger partial charge in [0, 0.05) is 11.6 Å². The number of benzene rings is 2. The number of fused-ring (bicyclic) bond motifs is 1. The Kier molecular flexibility index (Phi) is 4.33. The van der Waals surface area contributed by atoms with Crippen molar-refractivity contribution in [3.63, 3.8) is 0 Å². The number of carbonyl (C=O) groups excluding carboxylic acids is 2. The average Bonchev–Trinajstić information content (AvgIpc) is 3.00. The lowest BCUT2D eigenvalue weighted by Crippen LogP contribution is -2.25. The van der Waals surface area contributed by atoms with Crippen LogP contribution in [0.15, 0.2) is 54.6 Å². The zero-order valence-corrected chi connectivity index (χ0v) is 14.7. The highest BCUT2D eigenvalue weighted by molar-refractivity contribution is 6.05. The molecule has 2 aromatic carbocycles. The summed E-state index contributed by atoms with van der Waals surface area (Å²) in [6.45, 7) is 2.39. The predicted octanol–water partition coefficient (Wildman–Crippen LogP) is 2.82. The molecule has 136 valence electrons. The van der Waals surface area contributed by atoms with Crippen LogP contribution in [0.3, 0.4) is 0 Å². The summed E-state index contributed by atoms with van der Waals surface area (Å²) in [5, 5.41) is 10.1. The second-order valence-electron chi connectivity index (χ2n) is 6.32. The molecule has 2 N–H and O–H groups in total. The monoisotopic (exact) mass is 362 g/mol. The van der Waals surface area contributed by atoms with Crippen LogP contribution in [0.25, 0.3) is 0 Å². The molecule has 2 amide bonds. The molecule has 1 aliphatic heterocycles. The van der Waals surface area contributed by atoms with Crippen molar-refractivity contribution in [3.05, 3.63) is 71.4 Å². The number of ether oxygens (including phenoxy) is 1. The lowest BCUT2D eigenvalue weighted by molar-refractivity contribution is -0.118. The molecule has 0 atom stereocenters. The number of carbonyl (C=O) groups is 2. The Bertz CT molecular complexity index is 1010. The van der Waals surface area contributed by atoms with Crippen molar-refractivity contribution in [2.45, 2.75) is 13.5 Å². The lowest BCUT2D eigenvalue weighted by atomic mass is 10.1. The van der Waals surface area contributed by atoms with E-state index >= 15 is 0 Å². The Morgan fingerprint density at radius 3 is 2.85 bits per heavy atom. The maximum atomic E-state index is 12.7. The average molecular weight is 362 g/mol. The molecule has 0 saturated heterocycles. The van der Waals surface area contributed by atoms with Crippen molar-refractivity contribution in [1.82, 2.24) is 9.78 Å². The van der Waals surface area contributed by atoms with Crippen molar-refractivity contribution in [3.8, 4) is 5.75 Å². The van der Waals surface area contributed by atoms with Crippen LogP contribution in [0.5, 0.6) is 5.75 Å². The summed E-state index contributed by atoms with van der Waals surface area (Å²) >= 11 is 0. The molecule has 0 fully saturated rings. The summed E-state index contributed by atoms with van der Waals surface area (Å²) in [5.41, 5.74) is 2.91. The van der Waals surface area contributed by atoms with E-state index in [1.165, 1.54) is 0 Å². The minimum absolute atomic E-state index is 0.0545. The first kappa shape index (κ1) is 16.8. The molecule has 3 aromatic rings. The number of aryl methyl sites for hydroxylation is 1. The van der Waals surface area contributed by atoms with Crippen molar-refractivity contribution >= 4 is 23.3 Å². The van der Waals surface area contributed by atoms with Gasteiger partial charge in [-0.05, 0) is 30.7 Å². The number of nitrogens with zero attached hydrogens (tertiary/aromatic N) is 2. The minimum atomic E-state index is -0.271. The third kappa shape index (κ3) is 3.67. The first-order chi connectivity index (χ1) is 13.1. The Labute approximate surface area is 156 Å². The summed E-state index contributed by atoms with van der Waals surface area (Å²) in [6.07, 6.45) is 0. The van der Waals surface area contributed by atoms with Gasteiger partial charge in [-0.25, -0.2) is 4.68 Å². The number of amides is 2. The molecular formula is C20H18N4O3. The largest absolute Gasteiger partial charge is 0.482 e. The van der Waals surface area contributed by atoms with E-state index in [0.717, 1.165) is 11.3 Å². The molecule has 7 heteroatoms. The quantitative estimate of drug-likeness (QED) is 0.747. The van der Waals surface area contributed by atoms with Gasteiger partial charge >= 0.3 is 0 Å². The standard InChI is InChI=1S/C20H18N4O3/c1-13-9-18(24(23-13)11-14-5-3-2-4-6-14)22-20(26)15-7-8-16-17(10-15)27-12-19(25)21-16/h2-10H,11-12H2,1H3,(H,21,25)(H,22,26). The van der Waals surface area contributed by atoms with E-state index < -0.39 is 0 Å². The van der Waals surface area contributed by atoms with Crippen molar-refractivity contribution in [2.75, 3.05) is 17.2 Å². The summed E-state index contributed by atoms with van der Waals surface area (Å²) < 4.78 is 7.14. The predicted molar refractivity (Wildman–Crippen MR) is 101 cm³/mol. The van der Waals surface area contributed by atoms with Gasteiger partial charge in [0.25, 0.3) is 11.8 Å². The summed E-state index contributed by atoms with van der Waals surface area (Å²) in [7, 11) is 0. The van der Waals surface area contributed by atoms with E-state index in [9.17, 15) is 9.59 Å². The fraction of sp³-hybridized carbons (Fsp3) is 0.150. The van der Waals surface area contributed by atoms with Crippen molar-refractivity contribution < 1.29 is 14.3 Å². The van der Waals surface area contributed by atoms with Gasteiger partial charge in [-0.3, -0.25) is 9.59 Å². The molecule has 0 spiro atoms. The van der Waals surface area contributed by atoms with Crippen LogP contribution in [-0.2, 0) is 11.3 Å². The number of hydrogen-bond donors (Lipinski definition) is 2. The van der Waals surface area contributed by atoms with Gasteiger partial charge in [0.15, 0.2) is 6.61 Å². The summed E-state index contributed by atoms with van der Waals surface area (Å²) in [5.74, 6) is 0.622. The second-order valence-corrected chi connectivity index (χ2v) is 6.32. The maximum absolute atomic E-state index is 12.7. The molecule has 1 aromatic heterocycles. The zero-order chi connectivity index (χ0) is 18.8. The Balaban J connectivity index is 1.54. The van der Waals surface area contributed by atoms with Gasteiger partial charge in [-0.2, -0.15) is 5.10 Å². The number of nitrogens with one attached hydrogen (secondary N) is 2. The van der Waals surface area contributed by atoms with Gasteiger partial charge in [0.2, 0.25) is 0 Å². The Morgan fingerprint density at radius 2 is 2.04 bits per heavy atom. The highest BCUT2D eigenvalue weighted by atomic mass is 16.5. The molecule has 7 nitrogen and oxygen atoms in total. The summed E-state index contributed by atoms with van der Waals surface area (Å²) in [4.78, 5) is 24.0. The number of anilines is 2. The zero-order valence-electron chi connectivity index (χ0n) is 14.7. The molecule has 27 heavy (non-hydrogen) atoms. The van der Waals surface area contributed by atoms with Gasteiger partial charge in [0.1, 0.15) is 11.6 Å². The Morgan fingerprint density at radius 1 is 1.22 bits per heavy atom. The smallest absolute Gasteiger partial charge is 0.262 e. The van der Waals surface area contributed by atoms with E-state index in [-0.39, 0.29) is 18.4 Å². The first-order valence-corrected chi connectivity index (χ1v) is 8.55. The van der Waals surface area contributed by atoms with E-state index in [0.29, 0.717) is 29.4 Å². The highest BCUT2D eigenvalue weighted by Crippen LogP contribution is 2.28. The lowest BCUT2D eigenvalue weighted by Gasteiger charge is -2.18. The van der Waals surface area contributed by atoms with Gasteiger partial charge in [0.05, 0.1) is 17.9 Å². The normalized spacial score (nSPS) is 12.7. The fourth-order valence-corrected chi connectivity index (χ4v) is 2.93. The van der Waals surface area contributed by atoms with E-state index in [4.69, 9.17) is 4.74 Å². The Hall–Kier alpha value is -3.61. The van der Waals surface area contributed by atoms with E-state index in [1.807, 2.05) is 43.3 Å². The summed E-state index contributed by atoms with van der Waals surface area (Å²) in [6, 6.07) is 16.7. The van der Waals surface area contributed by atoms with Crippen LogP contribution >= 0.6 is 0 Å². The van der Waals surface area contributed by atoms with Crippen LogP contribution in [-0.4, -0.2) is 28.2 Å². The molecule has 0 unspecified atom stereocenters. The fourth-order valence-electron chi connectivity index (χ4n) is 2.93. The van der Waals surface area contributed by atoms with Crippen LogP contribution in [0.2, 0.25) is 0 Å². The topological polar surface area (TPSA) is 85.2 Å². The SMILES string of the molecule is Cc1cc(NC(=O)c2ccc3c(c2)OCC(=O)N3)n(Cc2ccccc2)n1. The molecule has 0 radical (unpaired) electrons. The number of hydrogen-bond acceptors (Lipinski definition) is 4. The number of aromatic nitrogens is 2. The van der Waals surface area contributed by atoms with E-state index in [2.05, 4.69) is 15.7 Å². The van der Waals surface area contributed by atoms with Crippen LogP contribution in [0.1, 0.15) is 21.6 Å². The molecule has 0 aliphatic carbocycles. The van der Waals surface area contributed by atoms with Crippen LogP contribution in [0.4, 0.5) is 11.5 Å². The van der Waals surface area contributed by atoms with Crippen molar-refractivity contribution in [2.24, 2.45) is 0 Å². The van der Waals surface area contributed by atoms with Crippen LogP contribution in [0, 0.1) is 6.92 Å². The molecule has 0 bridgehead atoms. The molecule has 0 saturated carbocycles. The molecule has 2 heterocycles.